The number of ether oxygens (including phenoxy) is 1. The zero-order chi connectivity index (χ0) is 13.0. The van der Waals surface area contributed by atoms with E-state index in [0.29, 0.717) is 11.8 Å². The Balaban J connectivity index is 1.82. The summed E-state index contributed by atoms with van der Waals surface area (Å²) in [5.41, 5.74) is 0.125. The molecular weight excluding hydrogens is 230 g/mol. The highest BCUT2D eigenvalue weighted by Gasteiger charge is 2.21. The van der Waals surface area contributed by atoms with Crippen molar-refractivity contribution < 1.29 is 9.26 Å². The molecular formula is C13H23N3O2. The number of nitrogens with one attached hydrogen (secondary N) is 1. The third-order valence-electron chi connectivity index (χ3n) is 3.00. The molecule has 0 amide bonds. The Morgan fingerprint density at radius 1 is 1.39 bits per heavy atom. The van der Waals surface area contributed by atoms with Gasteiger partial charge in [0.1, 0.15) is 0 Å². The molecule has 1 N–H and O–H groups in total. The summed E-state index contributed by atoms with van der Waals surface area (Å²) in [6.45, 7) is 8.87. The molecule has 1 aliphatic heterocycles. The largest absolute Gasteiger partial charge is 0.381 e. The molecule has 0 saturated carbocycles. The Bertz CT molecular complexity index is 365. The summed E-state index contributed by atoms with van der Waals surface area (Å²) >= 11 is 0. The molecule has 1 unspecified atom stereocenters. The lowest BCUT2D eigenvalue weighted by Crippen LogP contribution is -2.37. The zero-order valence-electron chi connectivity index (χ0n) is 11.5. The van der Waals surface area contributed by atoms with Gasteiger partial charge in [-0.05, 0) is 33.6 Å². The van der Waals surface area contributed by atoms with Crippen LogP contribution in [0.5, 0.6) is 0 Å². The molecule has 1 aliphatic rings. The summed E-state index contributed by atoms with van der Waals surface area (Å²) in [5.74, 6) is 1.83. The molecule has 1 saturated heterocycles. The van der Waals surface area contributed by atoms with Gasteiger partial charge >= 0.3 is 0 Å². The Kier molecular flexibility index (Phi) is 4.35. The third kappa shape index (κ3) is 4.07. The molecule has 0 aromatic carbocycles. The molecule has 102 valence electrons. The fraction of sp³-hybridized carbons (Fsp3) is 0.846. The van der Waals surface area contributed by atoms with Gasteiger partial charge in [0.15, 0.2) is 5.82 Å². The van der Waals surface area contributed by atoms with Gasteiger partial charge in [-0.15, -0.1) is 0 Å². The second kappa shape index (κ2) is 5.80. The van der Waals surface area contributed by atoms with Crippen LogP contribution in [0.15, 0.2) is 4.52 Å². The highest BCUT2D eigenvalue weighted by atomic mass is 16.5. The van der Waals surface area contributed by atoms with Gasteiger partial charge in [-0.25, -0.2) is 0 Å². The van der Waals surface area contributed by atoms with Crippen molar-refractivity contribution in [2.24, 2.45) is 0 Å². The molecule has 0 radical (unpaired) electrons. The van der Waals surface area contributed by atoms with Crippen LogP contribution in [0.25, 0.3) is 0 Å². The van der Waals surface area contributed by atoms with Gasteiger partial charge in [-0.1, -0.05) is 5.16 Å². The minimum absolute atomic E-state index is 0.125. The van der Waals surface area contributed by atoms with Crippen molar-refractivity contribution in [1.29, 1.82) is 0 Å². The van der Waals surface area contributed by atoms with Crippen molar-refractivity contribution in [3.8, 4) is 0 Å². The molecule has 0 aliphatic carbocycles. The minimum Gasteiger partial charge on any atom is -0.381 e. The van der Waals surface area contributed by atoms with Crippen molar-refractivity contribution in [2.75, 3.05) is 19.8 Å². The van der Waals surface area contributed by atoms with Crippen LogP contribution >= 0.6 is 0 Å². The molecule has 0 spiro atoms. The van der Waals surface area contributed by atoms with Crippen LogP contribution in [0.2, 0.25) is 0 Å². The summed E-state index contributed by atoms with van der Waals surface area (Å²) in [4.78, 5) is 4.46. The SMILES string of the molecule is CC(C)(C)NCCc1nc(C2CCCOC2)no1. The van der Waals surface area contributed by atoms with E-state index in [1.807, 2.05) is 0 Å². The van der Waals surface area contributed by atoms with Crippen LogP contribution in [-0.4, -0.2) is 35.4 Å². The van der Waals surface area contributed by atoms with Gasteiger partial charge < -0.3 is 14.6 Å². The Hall–Kier alpha value is -0.940. The molecule has 1 atom stereocenters. The predicted octanol–water partition coefficient (Wildman–Crippen LogP) is 1.89. The molecule has 0 bridgehead atoms. The van der Waals surface area contributed by atoms with E-state index in [2.05, 4.69) is 36.2 Å². The second-order valence-electron chi connectivity index (χ2n) is 5.89. The molecule has 1 aromatic heterocycles. The normalized spacial score (nSPS) is 21.2. The van der Waals surface area contributed by atoms with Crippen LogP contribution in [0.3, 0.4) is 0 Å². The average Bonchev–Trinajstić information content (AvgIpc) is 2.77. The third-order valence-corrected chi connectivity index (χ3v) is 3.00. The first-order valence-corrected chi connectivity index (χ1v) is 6.70. The van der Waals surface area contributed by atoms with Crippen LogP contribution in [0.1, 0.15) is 51.2 Å². The van der Waals surface area contributed by atoms with E-state index in [-0.39, 0.29) is 5.54 Å². The molecule has 5 heteroatoms. The molecule has 1 fully saturated rings. The van der Waals surface area contributed by atoms with Gasteiger partial charge in [0.05, 0.1) is 6.61 Å². The van der Waals surface area contributed by atoms with Crippen molar-refractivity contribution >= 4 is 0 Å². The number of aromatic nitrogens is 2. The minimum atomic E-state index is 0.125. The number of hydrogen-bond acceptors (Lipinski definition) is 5. The van der Waals surface area contributed by atoms with Crippen molar-refractivity contribution in [3.05, 3.63) is 11.7 Å². The maximum Gasteiger partial charge on any atom is 0.227 e. The van der Waals surface area contributed by atoms with E-state index in [9.17, 15) is 0 Å². The zero-order valence-corrected chi connectivity index (χ0v) is 11.5. The van der Waals surface area contributed by atoms with Gasteiger partial charge in [-0.3, -0.25) is 0 Å². The van der Waals surface area contributed by atoms with Gasteiger partial charge in [0, 0.05) is 31.0 Å². The number of rotatable bonds is 4. The first-order valence-electron chi connectivity index (χ1n) is 6.70. The van der Waals surface area contributed by atoms with E-state index in [4.69, 9.17) is 9.26 Å². The van der Waals surface area contributed by atoms with Crippen molar-refractivity contribution in [3.63, 3.8) is 0 Å². The molecule has 18 heavy (non-hydrogen) atoms. The van der Waals surface area contributed by atoms with Crippen molar-refractivity contribution in [1.82, 2.24) is 15.5 Å². The van der Waals surface area contributed by atoms with E-state index in [1.54, 1.807) is 0 Å². The lowest BCUT2D eigenvalue weighted by Gasteiger charge is -2.19. The van der Waals surface area contributed by atoms with Gasteiger partial charge in [0.25, 0.3) is 0 Å². The summed E-state index contributed by atoms with van der Waals surface area (Å²) in [6.07, 6.45) is 2.96. The molecule has 5 nitrogen and oxygen atoms in total. The topological polar surface area (TPSA) is 60.2 Å². The summed E-state index contributed by atoms with van der Waals surface area (Å²) < 4.78 is 10.7. The smallest absolute Gasteiger partial charge is 0.227 e. The van der Waals surface area contributed by atoms with Gasteiger partial charge in [-0.2, -0.15) is 4.98 Å². The maximum absolute atomic E-state index is 5.44. The van der Waals surface area contributed by atoms with Gasteiger partial charge in [0.2, 0.25) is 5.89 Å². The lowest BCUT2D eigenvalue weighted by molar-refractivity contribution is 0.0773. The summed E-state index contributed by atoms with van der Waals surface area (Å²) in [5, 5.41) is 7.47. The van der Waals surface area contributed by atoms with Crippen molar-refractivity contribution in [2.45, 2.75) is 51.5 Å². The average molecular weight is 253 g/mol. The van der Waals surface area contributed by atoms with Crippen LogP contribution in [0.4, 0.5) is 0 Å². The van der Waals surface area contributed by atoms with E-state index in [0.717, 1.165) is 44.8 Å². The lowest BCUT2D eigenvalue weighted by atomic mass is 10.0. The number of hydrogen-bond donors (Lipinski definition) is 1. The first-order chi connectivity index (χ1) is 8.54. The fourth-order valence-electron chi connectivity index (χ4n) is 2.02. The fourth-order valence-corrected chi connectivity index (χ4v) is 2.02. The molecule has 2 heterocycles. The Morgan fingerprint density at radius 3 is 2.89 bits per heavy atom. The van der Waals surface area contributed by atoms with Crippen LogP contribution in [0, 0.1) is 0 Å². The Labute approximate surface area is 108 Å². The van der Waals surface area contributed by atoms with E-state index >= 15 is 0 Å². The first kappa shape index (κ1) is 13.5. The standard InChI is InChI=1S/C13H23N3O2/c1-13(2,3)14-7-6-11-15-12(16-18-11)10-5-4-8-17-9-10/h10,14H,4-9H2,1-3H3. The molecule has 1 aromatic rings. The summed E-state index contributed by atoms with van der Waals surface area (Å²) in [7, 11) is 0. The van der Waals surface area contributed by atoms with Crippen LogP contribution in [-0.2, 0) is 11.2 Å². The molecule has 2 rings (SSSR count). The second-order valence-corrected chi connectivity index (χ2v) is 5.89. The quantitative estimate of drug-likeness (QED) is 0.888. The predicted molar refractivity (Wildman–Crippen MR) is 68.6 cm³/mol. The van der Waals surface area contributed by atoms with E-state index in [1.165, 1.54) is 0 Å². The monoisotopic (exact) mass is 253 g/mol. The Morgan fingerprint density at radius 2 is 2.22 bits per heavy atom. The van der Waals surface area contributed by atoms with Crippen LogP contribution < -0.4 is 5.32 Å². The number of nitrogens with zero attached hydrogens (tertiary/aromatic N) is 2. The maximum atomic E-state index is 5.44. The highest BCUT2D eigenvalue weighted by Crippen LogP contribution is 2.22. The highest BCUT2D eigenvalue weighted by molar-refractivity contribution is 4.97. The summed E-state index contributed by atoms with van der Waals surface area (Å²) in [6, 6.07) is 0. The van der Waals surface area contributed by atoms with E-state index < -0.39 is 0 Å².